The van der Waals surface area contributed by atoms with E-state index in [0.717, 1.165) is 11.3 Å². The predicted molar refractivity (Wildman–Crippen MR) is 58.3 cm³/mol. The lowest BCUT2D eigenvalue weighted by Gasteiger charge is -2.02. The SMILES string of the molecule is Fc1ccc(Cl)c(CSCCCl)c1. The van der Waals surface area contributed by atoms with Gasteiger partial charge in [-0.2, -0.15) is 11.8 Å². The van der Waals surface area contributed by atoms with Crippen molar-refractivity contribution >= 4 is 35.0 Å². The third-order valence-electron chi connectivity index (χ3n) is 1.49. The van der Waals surface area contributed by atoms with Crippen molar-refractivity contribution in [2.24, 2.45) is 0 Å². The number of hydrogen-bond donors (Lipinski definition) is 0. The molecule has 0 saturated carbocycles. The third-order valence-corrected chi connectivity index (χ3v) is 3.28. The average molecular weight is 239 g/mol. The van der Waals surface area contributed by atoms with E-state index in [1.54, 1.807) is 17.8 Å². The molecule has 0 aliphatic heterocycles. The summed E-state index contributed by atoms with van der Waals surface area (Å²) in [6.07, 6.45) is 0. The fraction of sp³-hybridized carbons (Fsp3) is 0.333. The third kappa shape index (κ3) is 3.75. The first-order chi connectivity index (χ1) is 6.24. The summed E-state index contributed by atoms with van der Waals surface area (Å²) in [6, 6.07) is 4.40. The molecule has 0 aromatic heterocycles. The Balaban J connectivity index is 2.59. The van der Waals surface area contributed by atoms with E-state index in [1.165, 1.54) is 12.1 Å². The van der Waals surface area contributed by atoms with Crippen LogP contribution < -0.4 is 0 Å². The maximum atomic E-state index is 12.8. The minimum atomic E-state index is -0.245. The molecule has 0 radical (unpaired) electrons. The van der Waals surface area contributed by atoms with E-state index in [-0.39, 0.29) is 5.82 Å². The number of halogens is 3. The van der Waals surface area contributed by atoms with Gasteiger partial charge in [0.1, 0.15) is 5.82 Å². The van der Waals surface area contributed by atoms with Gasteiger partial charge in [-0.15, -0.1) is 11.6 Å². The lowest BCUT2D eigenvalue weighted by atomic mass is 10.2. The molecule has 0 atom stereocenters. The van der Waals surface area contributed by atoms with E-state index in [9.17, 15) is 4.39 Å². The van der Waals surface area contributed by atoms with Crippen LogP contribution in [0.2, 0.25) is 5.02 Å². The maximum Gasteiger partial charge on any atom is 0.123 e. The van der Waals surface area contributed by atoms with Crippen LogP contribution in [0.1, 0.15) is 5.56 Å². The van der Waals surface area contributed by atoms with Gasteiger partial charge < -0.3 is 0 Å². The Labute approximate surface area is 91.4 Å². The first-order valence-corrected chi connectivity index (χ1v) is 5.88. The van der Waals surface area contributed by atoms with E-state index in [2.05, 4.69) is 0 Å². The Hall–Kier alpha value is 0.0800. The maximum absolute atomic E-state index is 12.8. The zero-order chi connectivity index (χ0) is 9.68. The van der Waals surface area contributed by atoms with Gasteiger partial charge in [-0.1, -0.05) is 11.6 Å². The monoisotopic (exact) mass is 238 g/mol. The Kier molecular flexibility index (Phi) is 4.92. The molecule has 0 spiro atoms. The summed E-state index contributed by atoms with van der Waals surface area (Å²) >= 11 is 13.0. The molecule has 13 heavy (non-hydrogen) atoms. The largest absolute Gasteiger partial charge is 0.207 e. The number of alkyl halides is 1. The van der Waals surface area contributed by atoms with Gasteiger partial charge in [0.05, 0.1) is 0 Å². The topological polar surface area (TPSA) is 0 Å². The molecule has 0 heterocycles. The number of hydrogen-bond acceptors (Lipinski definition) is 1. The molecule has 0 amide bonds. The van der Waals surface area contributed by atoms with Gasteiger partial charge in [-0.05, 0) is 23.8 Å². The van der Waals surface area contributed by atoms with Crippen molar-refractivity contribution in [3.05, 3.63) is 34.6 Å². The number of rotatable bonds is 4. The summed E-state index contributed by atoms with van der Waals surface area (Å²) in [6.45, 7) is 0. The molecule has 0 aliphatic rings. The van der Waals surface area contributed by atoms with Gasteiger partial charge in [-0.3, -0.25) is 0 Å². The van der Waals surface area contributed by atoms with Crippen LogP contribution in [0.3, 0.4) is 0 Å². The molecule has 0 bridgehead atoms. The van der Waals surface area contributed by atoms with Crippen molar-refractivity contribution < 1.29 is 4.39 Å². The minimum absolute atomic E-state index is 0.245. The van der Waals surface area contributed by atoms with Crippen molar-refractivity contribution in [2.75, 3.05) is 11.6 Å². The van der Waals surface area contributed by atoms with Crippen molar-refractivity contribution in [3.8, 4) is 0 Å². The van der Waals surface area contributed by atoms with Crippen molar-refractivity contribution in [1.29, 1.82) is 0 Å². The number of benzene rings is 1. The summed E-state index contributed by atoms with van der Waals surface area (Å²) in [7, 11) is 0. The lowest BCUT2D eigenvalue weighted by Crippen LogP contribution is -1.87. The first-order valence-electron chi connectivity index (χ1n) is 3.81. The normalized spacial score (nSPS) is 10.4. The summed E-state index contributed by atoms with van der Waals surface area (Å²) in [5.74, 6) is 1.93. The first kappa shape index (κ1) is 11.2. The van der Waals surface area contributed by atoms with E-state index in [4.69, 9.17) is 23.2 Å². The van der Waals surface area contributed by atoms with Crippen LogP contribution in [0.15, 0.2) is 18.2 Å². The molecule has 0 fully saturated rings. The second kappa shape index (κ2) is 5.74. The smallest absolute Gasteiger partial charge is 0.123 e. The molecule has 0 saturated heterocycles. The van der Waals surface area contributed by atoms with Crippen molar-refractivity contribution in [3.63, 3.8) is 0 Å². The fourth-order valence-corrected chi connectivity index (χ4v) is 2.19. The van der Waals surface area contributed by atoms with Crippen molar-refractivity contribution in [2.45, 2.75) is 5.75 Å². The highest BCUT2D eigenvalue weighted by Gasteiger charge is 2.01. The molecule has 0 nitrogen and oxygen atoms in total. The van der Waals surface area contributed by atoms with Gasteiger partial charge in [-0.25, -0.2) is 4.39 Å². The Morgan fingerprint density at radius 2 is 2.15 bits per heavy atom. The van der Waals surface area contributed by atoms with Crippen LogP contribution in [0.4, 0.5) is 4.39 Å². The molecule has 0 aliphatic carbocycles. The summed E-state index contributed by atoms with van der Waals surface area (Å²) in [5.41, 5.74) is 0.830. The summed E-state index contributed by atoms with van der Waals surface area (Å²) < 4.78 is 12.8. The van der Waals surface area contributed by atoms with E-state index in [1.807, 2.05) is 0 Å². The van der Waals surface area contributed by atoms with Crippen LogP contribution in [0, 0.1) is 5.82 Å². The van der Waals surface area contributed by atoms with Crippen LogP contribution in [0.5, 0.6) is 0 Å². The zero-order valence-corrected chi connectivity index (χ0v) is 9.22. The summed E-state index contributed by atoms with van der Waals surface area (Å²) in [5, 5.41) is 0.614. The van der Waals surface area contributed by atoms with E-state index < -0.39 is 0 Å². The zero-order valence-electron chi connectivity index (χ0n) is 6.90. The molecule has 1 aromatic carbocycles. The highest BCUT2D eigenvalue weighted by atomic mass is 35.5. The van der Waals surface area contributed by atoms with Gasteiger partial charge in [0.25, 0.3) is 0 Å². The van der Waals surface area contributed by atoms with E-state index in [0.29, 0.717) is 16.7 Å². The Bertz CT molecular complexity index is 278. The Morgan fingerprint density at radius 1 is 1.38 bits per heavy atom. The number of thioether (sulfide) groups is 1. The lowest BCUT2D eigenvalue weighted by molar-refractivity contribution is 0.626. The average Bonchev–Trinajstić information content (AvgIpc) is 2.11. The highest BCUT2D eigenvalue weighted by Crippen LogP contribution is 2.22. The fourth-order valence-electron chi connectivity index (χ4n) is 0.891. The van der Waals surface area contributed by atoms with Gasteiger partial charge in [0.15, 0.2) is 0 Å². The molecule has 4 heteroatoms. The van der Waals surface area contributed by atoms with Gasteiger partial charge in [0, 0.05) is 22.4 Å². The predicted octanol–water partition coefficient (Wildman–Crippen LogP) is 3.95. The second-order valence-electron chi connectivity index (χ2n) is 2.48. The molecule has 1 rings (SSSR count). The van der Waals surface area contributed by atoms with Crippen LogP contribution in [-0.2, 0) is 5.75 Å². The molecule has 0 N–H and O–H groups in total. The van der Waals surface area contributed by atoms with Crippen LogP contribution in [-0.4, -0.2) is 11.6 Å². The molecule has 1 aromatic rings. The molecular formula is C9H9Cl2FS. The quantitative estimate of drug-likeness (QED) is 0.566. The summed E-state index contributed by atoms with van der Waals surface area (Å²) in [4.78, 5) is 0. The van der Waals surface area contributed by atoms with Gasteiger partial charge >= 0.3 is 0 Å². The van der Waals surface area contributed by atoms with Crippen LogP contribution >= 0.6 is 35.0 Å². The standard InChI is InChI=1S/C9H9Cl2FS/c10-3-4-13-6-7-5-8(12)1-2-9(7)11/h1-2,5H,3-4,6H2. The molecular weight excluding hydrogens is 230 g/mol. The highest BCUT2D eigenvalue weighted by molar-refractivity contribution is 7.98. The van der Waals surface area contributed by atoms with Crippen molar-refractivity contribution in [1.82, 2.24) is 0 Å². The van der Waals surface area contributed by atoms with Gasteiger partial charge in [0.2, 0.25) is 0 Å². The van der Waals surface area contributed by atoms with E-state index >= 15 is 0 Å². The molecule has 72 valence electrons. The Morgan fingerprint density at radius 3 is 2.85 bits per heavy atom. The minimum Gasteiger partial charge on any atom is -0.207 e. The molecule has 0 unspecified atom stereocenters. The second-order valence-corrected chi connectivity index (χ2v) is 4.37. The van der Waals surface area contributed by atoms with Crippen LogP contribution in [0.25, 0.3) is 0 Å².